The molecule has 1 unspecified atom stereocenters. The predicted octanol–water partition coefficient (Wildman–Crippen LogP) is 3.42. The van der Waals surface area contributed by atoms with Crippen LogP contribution in [0.25, 0.3) is 10.2 Å². The predicted molar refractivity (Wildman–Crippen MR) is 79.4 cm³/mol. The summed E-state index contributed by atoms with van der Waals surface area (Å²) in [5.74, 6) is 1.23. The number of fused-ring (bicyclic) bond motifs is 1. The number of anilines is 1. The molecule has 0 bridgehead atoms. The molecule has 0 saturated heterocycles. The molecule has 98 valence electrons. The molecule has 1 atom stereocenters. The number of nitrogens with two attached hydrogens (primary N) is 1. The maximum atomic E-state index is 12.3. The first-order valence-electron chi connectivity index (χ1n) is 6.18. The Bertz CT molecular complexity index is 561. The summed E-state index contributed by atoms with van der Waals surface area (Å²) < 4.78 is 14.0. The third-order valence-corrected chi connectivity index (χ3v) is 6.00. The molecule has 0 aliphatic heterocycles. The minimum absolute atomic E-state index is 0.517. The number of thiazole rings is 1. The lowest BCUT2D eigenvalue weighted by molar-refractivity contribution is 0.544. The van der Waals surface area contributed by atoms with Crippen LogP contribution in [0.5, 0.6) is 0 Å². The molecule has 18 heavy (non-hydrogen) atoms. The molecule has 0 spiro atoms. The van der Waals surface area contributed by atoms with Gasteiger partial charge in [-0.2, -0.15) is 0 Å². The van der Waals surface area contributed by atoms with Crippen molar-refractivity contribution in [2.75, 3.05) is 11.5 Å². The summed E-state index contributed by atoms with van der Waals surface area (Å²) in [5, 5.41) is 0. The van der Waals surface area contributed by atoms with Crippen LogP contribution >= 0.6 is 11.3 Å². The first-order chi connectivity index (χ1) is 8.63. The molecule has 0 fully saturated rings. The van der Waals surface area contributed by atoms with Gasteiger partial charge in [0.2, 0.25) is 0 Å². The monoisotopic (exact) mass is 282 g/mol. The van der Waals surface area contributed by atoms with Gasteiger partial charge in [-0.25, -0.2) is 4.98 Å². The lowest BCUT2D eigenvalue weighted by Crippen LogP contribution is -2.09. The van der Waals surface area contributed by atoms with Crippen molar-refractivity contribution in [3.8, 4) is 0 Å². The van der Waals surface area contributed by atoms with E-state index < -0.39 is 10.8 Å². The summed E-state index contributed by atoms with van der Waals surface area (Å²) in [6.07, 6.45) is 2.14. The normalized spacial score (nSPS) is 13.3. The Morgan fingerprint density at radius 3 is 2.78 bits per heavy atom. The Morgan fingerprint density at radius 1 is 1.39 bits per heavy atom. The second-order valence-corrected chi connectivity index (χ2v) is 7.10. The second-order valence-electron chi connectivity index (χ2n) is 4.40. The summed E-state index contributed by atoms with van der Waals surface area (Å²) in [5.41, 5.74) is 7.35. The van der Waals surface area contributed by atoms with Gasteiger partial charge in [0.05, 0.1) is 21.0 Å². The largest absolute Gasteiger partial charge is 0.399 e. The lowest BCUT2D eigenvalue weighted by atomic mass is 10.1. The topological polar surface area (TPSA) is 56.0 Å². The van der Waals surface area contributed by atoms with Crippen molar-refractivity contribution in [1.29, 1.82) is 0 Å². The van der Waals surface area contributed by atoms with E-state index in [0.717, 1.165) is 33.1 Å². The smallest absolute Gasteiger partial charge is 0.181 e. The van der Waals surface area contributed by atoms with Crippen LogP contribution in [0.4, 0.5) is 5.69 Å². The Kier molecular flexibility index (Phi) is 4.35. The maximum Gasteiger partial charge on any atom is 0.181 e. The van der Waals surface area contributed by atoms with Crippen LogP contribution in [-0.4, -0.2) is 14.9 Å². The number of benzene rings is 1. The van der Waals surface area contributed by atoms with E-state index in [1.165, 1.54) is 11.3 Å². The maximum absolute atomic E-state index is 12.3. The van der Waals surface area contributed by atoms with Crippen LogP contribution in [0, 0.1) is 5.92 Å². The molecule has 0 radical (unpaired) electrons. The number of hydrogen-bond donors (Lipinski definition) is 1. The molecular weight excluding hydrogens is 264 g/mol. The summed E-state index contributed by atoms with van der Waals surface area (Å²) >= 11 is 1.49. The summed E-state index contributed by atoms with van der Waals surface area (Å²) in [4.78, 5) is 4.44. The quantitative estimate of drug-likeness (QED) is 0.855. The van der Waals surface area contributed by atoms with E-state index in [2.05, 4.69) is 18.8 Å². The van der Waals surface area contributed by atoms with Crippen molar-refractivity contribution >= 4 is 38.0 Å². The van der Waals surface area contributed by atoms with E-state index in [0.29, 0.717) is 11.7 Å². The standard InChI is InChI=1S/C13H18N2OS2/c1-3-9(4-2)8-18(16)13-15-11-6-5-10(14)7-12(11)17-13/h5-7,9H,3-4,8,14H2,1-2H3. The summed E-state index contributed by atoms with van der Waals surface area (Å²) in [6, 6.07) is 5.61. The van der Waals surface area contributed by atoms with Gasteiger partial charge in [0.1, 0.15) is 0 Å². The third kappa shape index (κ3) is 2.90. The molecule has 0 saturated carbocycles. The Hall–Kier alpha value is -0.940. The van der Waals surface area contributed by atoms with Crippen molar-refractivity contribution < 1.29 is 4.21 Å². The van der Waals surface area contributed by atoms with E-state index in [4.69, 9.17) is 5.73 Å². The van der Waals surface area contributed by atoms with Crippen LogP contribution in [0.15, 0.2) is 22.5 Å². The van der Waals surface area contributed by atoms with Crippen LogP contribution in [0.1, 0.15) is 26.7 Å². The molecule has 0 aliphatic rings. The van der Waals surface area contributed by atoms with Crippen molar-refractivity contribution in [2.45, 2.75) is 31.0 Å². The second kappa shape index (κ2) is 5.80. The highest BCUT2D eigenvalue weighted by Crippen LogP contribution is 2.27. The highest BCUT2D eigenvalue weighted by molar-refractivity contribution is 7.87. The Labute approximate surface area is 114 Å². The van der Waals surface area contributed by atoms with Crippen LogP contribution in [0.3, 0.4) is 0 Å². The molecular formula is C13H18N2OS2. The van der Waals surface area contributed by atoms with Gasteiger partial charge < -0.3 is 5.73 Å². The number of nitrogen functional groups attached to an aromatic ring is 1. The van der Waals surface area contributed by atoms with Gasteiger partial charge in [-0.05, 0) is 24.1 Å². The Balaban J connectivity index is 2.23. The molecule has 1 aromatic heterocycles. The molecule has 0 amide bonds. The van der Waals surface area contributed by atoms with Gasteiger partial charge in [-0.3, -0.25) is 4.21 Å². The molecule has 2 aromatic rings. The van der Waals surface area contributed by atoms with E-state index in [1.54, 1.807) is 0 Å². The summed E-state index contributed by atoms with van der Waals surface area (Å²) in [7, 11) is -0.986. The van der Waals surface area contributed by atoms with E-state index in [-0.39, 0.29) is 0 Å². The van der Waals surface area contributed by atoms with Gasteiger partial charge in [-0.1, -0.05) is 26.7 Å². The van der Waals surface area contributed by atoms with Crippen molar-refractivity contribution in [3.05, 3.63) is 18.2 Å². The lowest BCUT2D eigenvalue weighted by Gasteiger charge is -2.09. The average molecular weight is 282 g/mol. The molecule has 1 heterocycles. The van der Waals surface area contributed by atoms with Gasteiger partial charge in [-0.15, -0.1) is 11.3 Å². The fraction of sp³-hybridized carbons (Fsp3) is 0.462. The fourth-order valence-corrected chi connectivity index (χ4v) is 4.66. The van der Waals surface area contributed by atoms with E-state index in [1.807, 2.05) is 18.2 Å². The van der Waals surface area contributed by atoms with Crippen molar-refractivity contribution in [1.82, 2.24) is 4.98 Å². The first-order valence-corrected chi connectivity index (χ1v) is 8.32. The van der Waals surface area contributed by atoms with Gasteiger partial charge in [0, 0.05) is 11.4 Å². The number of nitrogens with zero attached hydrogens (tertiary/aromatic N) is 1. The number of aromatic nitrogens is 1. The molecule has 1 aromatic carbocycles. The highest BCUT2D eigenvalue weighted by atomic mass is 32.2. The molecule has 5 heteroatoms. The third-order valence-electron chi connectivity index (χ3n) is 3.13. The molecule has 3 nitrogen and oxygen atoms in total. The molecule has 2 N–H and O–H groups in total. The van der Waals surface area contributed by atoms with Crippen LogP contribution in [-0.2, 0) is 10.8 Å². The summed E-state index contributed by atoms with van der Waals surface area (Å²) in [6.45, 7) is 4.29. The van der Waals surface area contributed by atoms with E-state index in [9.17, 15) is 4.21 Å². The Morgan fingerprint density at radius 2 is 2.11 bits per heavy atom. The molecule has 0 aliphatic carbocycles. The highest BCUT2D eigenvalue weighted by Gasteiger charge is 2.15. The zero-order chi connectivity index (χ0) is 13.1. The minimum atomic E-state index is -0.986. The van der Waals surface area contributed by atoms with Crippen LogP contribution in [0.2, 0.25) is 0 Å². The number of rotatable bonds is 5. The zero-order valence-electron chi connectivity index (χ0n) is 10.7. The SMILES string of the molecule is CCC(CC)CS(=O)c1nc2ccc(N)cc2s1. The van der Waals surface area contributed by atoms with E-state index >= 15 is 0 Å². The number of hydrogen-bond acceptors (Lipinski definition) is 4. The minimum Gasteiger partial charge on any atom is -0.399 e. The fourth-order valence-electron chi connectivity index (χ4n) is 1.83. The zero-order valence-corrected chi connectivity index (χ0v) is 12.3. The molecule has 2 rings (SSSR count). The van der Waals surface area contributed by atoms with Crippen molar-refractivity contribution in [3.63, 3.8) is 0 Å². The van der Waals surface area contributed by atoms with Gasteiger partial charge >= 0.3 is 0 Å². The van der Waals surface area contributed by atoms with Crippen LogP contribution < -0.4 is 5.73 Å². The van der Waals surface area contributed by atoms with Gasteiger partial charge in [0.25, 0.3) is 0 Å². The van der Waals surface area contributed by atoms with Crippen molar-refractivity contribution in [2.24, 2.45) is 5.92 Å². The van der Waals surface area contributed by atoms with Gasteiger partial charge in [0.15, 0.2) is 4.34 Å². The first kappa shape index (κ1) is 13.5. The average Bonchev–Trinajstić information content (AvgIpc) is 2.78.